The summed E-state index contributed by atoms with van der Waals surface area (Å²) in [4.78, 5) is 29.8. The number of carbonyl (C=O) groups is 2. The molecule has 134 valence electrons. The first-order valence-corrected chi connectivity index (χ1v) is 9.26. The molecule has 1 fully saturated rings. The van der Waals surface area contributed by atoms with Crippen molar-refractivity contribution in [3.63, 3.8) is 0 Å². The maximum Gasteiger partial charge on any atom is 0.278 e. The molecule has 4 heteroatoms. The minimum absolute atomic E-state index is 0.135. The van der Waals surface area contributed by atoms with Gasteiger partial charge in [0.2, 0.25) is 0 Å². The van der Waals surface area contributed by atoms with Crippen LogP contribution in [0.25, 0.3) is 5.57 Å². The van der Waals surface area contributed by atoms with Crippen LogP contribution in [0.4, 0.5) is 0 Å². The molecule has 0 radical (unpaired) electrons. The third kappa shape index (κ3) is 3.10. The molecule has 0 saturated carbocycles. The lowest BCUT2D eigenvalue weighted by atomic mass is 9.95. The highest BCUT2D eigenvalue weighted by molar-refractivity contribution is 6.35. The molecule has 1 aromatic rings. The lowest BCUT2D eigenvalue weighted by molar-refractivity contribution is -0.139. The second-order valence-corrected chi connectivity index (χ2v) is 7.79. The quantitative estimate of drug-likeness (QED) is 0.791. The first kappa shape index (κ1) is 17.7. The molecule has 0 atom stereocenters. The minimum Gasteiger partial charge on any atom is -0.366 e. The van der Waals surface area contributed by atoms with Gasteiger partial charge in [0.15, 0.2) is 0 Å². The Morgan fingerprint density at radius 3 is 2.24 bits per heavy atom. The van der Waals surface area contributed by atoms with Gasteiger partial charge >= 0.3 is 0 Å². The largest absolute Gasteiger partial charge is 0.366 e. The molecule has 2 amide bonds. The first-order chi connectivity index (χ1) is 11.8. The topological polar surface area (TPSA) is 40.6 Å². The molecule has 0 spiro atoms. The van der Waals surface area contributed by atoms with E-state index in [0.717, 1.165) is 42.6 Å². The highest BCUT2D eigenvalue weighted by atomic mass is 16.2. The Morgan fingerprint density at radius 2 is 1.68 bits per heavy atom. The standard InChI is InChI=1S/C21H28N2O2/c1-13(2)23-20(24)18(17-7-6-15(4)12-16(17)5)19(21(23)25)22-10-8-14(3)9-11-22/h6-7,12-14H,8-11H2,1-5H3. The van der Waals surface area contributed by atoms with E-state index in [1.807, 2.05) is 39.8 Å². The van der Waals surface area contributed by atoms with E-state index in [1.165, 1.54) is 4.90 Å². The van der Waals surface area contributed by atoms with Crippen LogP contribution in [0.5, 0.6) is 0 Å². The van der Waals surface area contributed by atoms with E-state index in [0.29, 0.717) is 17.2 Å². The molecule has 1 saturated heterocycles. The number of aryl methyl sites for hydroxylation is 2. The highest BCUT2D eigenvalue weighted by Gasteiger charge is 2.43. The molecular weight excluding hydrogens is 312 g/mol. The average molecular weight is 340 g/mol. The molecule has 4 nitrogen and oxygen atoms in total. The van der Waals surface area contributed by atoms with Crippen molar-refractivity contribution < 1.29 is 9.59 Å². The average Bonchev–Trinajstić information content (AvgIpc) is 2.79. The molecule has 0 aromatic heterocycles. The van der Waals surface area contributed by atoms with Crippen molar-refractivity contribution in [3.05, 3.63) is 40.6 Å². The first-order valence-electron chi connectivity index (χ1n) is 9.26. The number of benzene rings is 1. The Labute approximate surface area is 150 Å². The summed E-state index contributed by atoms with van der Waals surface area (Å²) in [5.74, 6) is 0.389. The van der Waals surface area contributed by atoms with Gasteiger partial charge in [-0.25, -0.2) is 0 Å². The van der Waals surface area contributed by atoms with Gasteiger partial charge in [-0.05, 0) is 57.6 Å². The van der Waals surface area contributed by atoms with Gasteiger partial charge in [0.05, 0.1) is 5.57 Å². The summed E-state index contributed by atoms with van der Waals surface area (Å²) in [5.41, 5.74) is 4.29. The fraction of sp³-hybridized carbons (Fsp3) is 0.524. The van der Waals surface area contributed by atoms with E-state index in [4.69, 9.17) is 0 Å². The number of nitrogens with zero attached hydrogens (tertiary/aromatic N) is 2. The second-order valence-electron chi connectivity index (χ2n) is 7.79. The molecule has 25 heavy (non-hydrogen) atoms. The zero-order valence-corrected chi connectivity index (χ0v) is 15.9. The van der Waals surface area contributed by atoms with Gasteiger partial charge in [0.25, 0.3) is 11.8 Å². The molecule has 2 aliphatic heterocycles. The SMILES string of the molecule is Cc1ccc(C2=C(N3CCC(C)CC3)C(=O)N(C(C)C)C2=O)c(C)c1. The predicted octanol–water partition coefficient (Wildman–Crippen LogP) is 3.52. The molecule has 2 aliphatic rings. The summed E-state index contributed by atoms with van der Waals surface area (Å²) in [5, 5.41) is 0. The number of hydrogen-bond donors (Lipinski definition) is 0. The summed E-state index contributed by atoms with van der Waals surface area (Å²) in [6, 6.07) is 5.94. The van der Waals surface area contributed by atoms with E-state index in [-0.39, 0.29) is 17.9 Å². The molecule has 0 unspecified atom stereocenters. The zero-order valence-electron chi connectivity index (χ0n) is 15.9. The van der Waals surface area contributed by atoms with E-state index in [9.17, 15) is 9.59 Å². The van der Waals surface area contributed by atoms with Gasteiger partial charge in [-0.15, -0.1) is 0 Å². The normalized spacial score (nSPS) is 19.6. The molecular formula is C21H28N2O2. The van der Waals surface area contributed by atoms with Crippen molar-refractivity contribution in [3.8, 4) is 0 Å². The Bertz CT molecular complexity index is 740. The number of hydrogen-bond acceptors (Lipinski definition) is 3. The lowest BCUT2D eigenvalue weighted by Crippen LogP contribution is -2.41. The smallest absolute Gasteiger partial charge is 0.278 e. The van der Waals surface area contributed by atoms with Crippen molar-refractivity contribution in [1.82, 2.24) is 9.80 Å². The van der Waals surface area contributed by atoms with Crippen LogP contribution in [-0.4, -0.2) is 40.7 Å². The third-order valence-corrected chi connectivity index (χ3v) is 5.36. The van der Waals surface area contributed by atoms with Gasteiger partial charge in [0, 0.05) is 19.1 Å². The van der Waals surface area contributed by atoms with E-state index < -0.39 is 0 Å². The van der Waals surface area contributed by atoms with Gasteiger partial charge in [-0.3, -0.25) is 14.5 Å². The molecule has 1 aromatic carbocycles. The maximum atomic E-state index is 13.1. The van der Waals surface area contributed by atoms with Crippen LogP contribution in [0.2, 0.25) is 0 Å². The van der Waals surface area contributed by atoms with E-state index in [1.54, 1.807) is 0 Å². The van der Waals surface area contributed by atoms with Crippen LogP contribution in [-0.2, 0) is 9.59 Å². The van der Waals surface area contributed by atoms with E-state index in [2.05, 4.69) is 17.9 Å². The molecule has 0 aliphatic carbocycles. The van der Waals surface area contributed by atoms with Crippen molar-refractivity contribution in [2.24, 2.45) is 5.92 Å². The molecule has 3 rings (SSSR count). The Hall–Kier alpha value is -2.10. The molecule has 0 bridgehead atoms. The summed E-state index contributed by atoms with van der Waals surface area (Å²) in [6.07, 6.45) is 2.12. The fourth-order valence-electron chi connectivity index (χ4n) is 3.87. The second kappa shape index (κ2) is 6.66. The fourth-order valence-corrected chi connectivity index (χ4v) is 3.87. The number of carbonyl (C=O) groups excluding carboxylic acids is 2. The number of rotatable bonds is 3. The van der Waals surface area contributed by atoms with Gasteiger partial charge < -0.3 is 4.90 Å². The van der Waals surface area contributed by atoms with Crippen molar-refractivity contribution >= 4 is 17.4 Å². The zero-order chi connectivity index (χ0) is 18.3. The van der Waals surface area contributed by atoms with Crippen LogP contribution in [0, 0.1) is 19.8 Å². The van der Waals surface area contributed by atoms with Crippen LogP contribution in [0.3, 0.4) is 0 Å². The van der Waals surface area contributed by atoms with Crippen molar-refractivity contribution in [1.29, 1.82) is 0 Å². The lowest BCUT2D eigenvalue weighted by Gasteiger charge is -2.33. The summed E-state index contributed by atoms with van der Waals surface area (Å²) in [6.45, 7) is 11.8. The number of piperidine rings is 1. The Morgan fingerprint density at radius 1 is 1.04 bits per heavy atom. The van der Waals surface area contributed by atoms with Gasteiger partial charge in [0.1, 0.15) is 5.70 Å². The van der Waals surface area contributed by atoms with Crippen LogP contribution in [0.1, 0.15) is 50.3 Å². The summed E-state index contributed by atoms with van der Waals surface area (Å²) >= 11 is 0. The van der Waals surface area contributed by atoms with Crippen LogP contribution < -0.4 is 0 Å². The monoisotopic (exact) mass is 340 g/mol. The third-order valence-electron chi connectivity index (χ3n) is 5.36. The number of likely N-dealkylation sites (tertiary alicyclic amines) is 1. The molecule has 2 heterocycles. The number of amides is 2. The summed E-state index contributed by atoms with van der Waals surface area (Å²) < 4.78 is 0. The van der Waals surface area contributed by atoms with Crippen LogP contribution >= 0.6 is 0 Å². The Kier molecular flexibility index (Phi) is 4.72. The minimum atomic E-state index is -0.152. The highest BCUT2D eigenvalue weighted by Crippen LogP contribution is 2.36. The number of imide groups is 1. The van der Waals surface area contributed by atoms with Gasteiger partial charge in [-0.1, -0.05) is 30.7 Å². The van der Waals surface area contributed by atoms with Crippen molar-refractivity contribution in [2.75, 3.05) is 13.1 Å². The molecule has 0 N–H and O–H groups in total. The van der Waals surface area contributed by atoms with Gasteiger partial charge in [-0.2, -0.15) is 0 Å². The summed E-state index contributed by atoms with van der Waals surface area (Å²) in [7, 11) is 0. The van der Waals surface area contributed by atoms with Crippen LogP contribution in [0.15, 0.2) is 23.9 Å². The predicted molar refractivity (Wildman–Crippen MR) is 99.8 cm³/mol. The Balaban J connectivity index is 2.12. The maximum absolute atomic E-state index is 13.1. The van der Waals surface area contributed by atoms with Crippen molar-refractivity contribution in [2.45, 2.75) is 53.5 Å². The van der Waals surface area contributed by atoms with E-state index >= 15 is 0 Å².